The Bertz CT molecular complexity index is 326. The van der Waals surface area contributed by atoms with Gasteiger partial charge in [-0.3, -0.25) is 4.68 Å². The molecule has 0 aliphatic carbocycles. The van der Waals surface area contributed by atoms with E-state index in [-0.39, 0.29) is 0 Å². The Morgan fingerprint density at radius 1 is 1.50 bits per heavy atom. The van der Waals surface area contributed by atoms with Gasteiger partial charge >= 0.3 is 0 Å². The van der Waals surface area contributed by atoms with Crippen LogP contribution in [0.1, 0.15) is 17.8 Å². The van der Waals surface area contributed by atoms with Gasteiger partial charge < -0.3 is 10.1 Å². The van der Waals surface area contributed by atoms with Crippen LogP contribution in [0, 0.1) is 13.8 Å². The molecule has 14 heavy (non-hydrogen) atoms. The van der Waals surface area contributed by atoms with Crippen LogP contribution < -0.4 is 10.1 Å². The summed E-state index contributed by atoms with van der Waals surface area (Å²) in [6.07, 6.45) is 1.41. The second-order valence-electron chi connectivity index (χ2n) is 3.86. The zero-order valence-electron chi connectivity index (χ0n) is 9.00. The molecule has 1 N–H and O–H groups in total. The van der Waals surface area contributed by atoms with E-state index in [9.17, 15) is 0 Å². The highest BCUT2D eigenvalue weighted by Gasteiger charge is 2.19. The number of hydrogen-bond donors (Lipinski definition) is 1. The maximum absolute atomic E-state index is 5.91. The Hall–Kier alpha value is -1.03. The number of rotatable bonds is 2. The molecule has 2 rings (SSSR count). The van der Waals surface area contributed by atoms with E-state index in [1.54, 1.807) is 0 Å². The van der Waals surface area contributed by atoms with Crippen molar-refractivity contribution in [1.29, 1.82) is 0 Å². The standard InChI is InChI=1S/C10H17N3O/c1-7-10(8(2)13(3)12-7)14-9-4-5-11-6-9/h9,11H,4-6H2,1-3H3/t9-/m0/s1. The van der Waals surface area contributed by atoms with Gasteiger partial charge in [-0.05, 0) is 26.8 Å². The van der Waals surface area contributed by atoms with Crippen LogP contribution in [0.2, 0.25) is 0 Å². The highest BCUT2D eigenvalue weighted by molar-refractivity contribution is 5.32. The van der Waals surface area contributed by atoms with Gasteiger partial charge in [0.2, 0.25) is 0 Å². The van der Waals surface area contributed by atoms with Crippen molar-refractivity contribution in [3.05, 3.63) is 11.4 Å². The van der Waals surface area contributed by atoms with Crippen LogP contribution in [-0.2, 0) is 7.05 Å². The average Bonchev–Trinajstić information content (AvgIpc) is 2.71. The van der Waals surface area contributed by atoms with E-state index in [0.29, 0.717) is 6.10 Å². The molecule has 0 saturated carbocycles. The lowest BCUT2D eigenvalue weighted by Crippen LogP contribution is -2.20. The van der Waals surface area contributed by atoms with Gasteiger partial charge in [0.15, 0.2) is 5.75 Å². The van der Waals surface area contributed by atoms with Crippen molar-refractivity contribution in [2.24, 2.45) is 7.05 Å². The number of nitrogens with one attached hydrogen (secondary N) is 1. The van der Waals surface area contributed by atoms with Gasteiger partial charge in [-0.1, -0.05) is 0 Å². The first kappa shape index (κ1) is 9.52. The van der Waals surface area contributed by atoms with Crippen LogP contribution in [0.25, 0.3) is 0 Å². The molecule has 4 nitrogen and oxygen atoms in total. The molecule has 1 aliphatic heterocycles. The maximum atomic E-state index is 5.91. The number of ether oxygens (including phenoxy) is 1. The number of aromatic nitrogens is 2. The highest BCUT2D eigenvalue weighted by atomic mass is 16.5. The van der Waals surface area contributed by atoms with Crippen molar-refractivity contribution in [1.82, 2.24) is 15.1 Å². The topological polar surface area (TPSA) is 39.1 Å². The third-order valence-corrected chi connectivity index (χ3v) is 2.74. The molecule has 1 aliphatic rings. The molecule has 1 saturated heterocycles. The molecule has 1 fully saturated rings. The van der Waals surface area contributed by atoms with Gasteiger partial charge in [0.05, 0.1) is 5.69 Å². The van der Waals surface area contributed by atoms with Crippen molar-refractivity contribution in [3.8, 4) is 5.75 Å². The predicted molar refractivity (Wildman–Crippen MR) is 54.6 cm³/mol. The first-order chi connectivity index (χ1) is 6.68. The molecule has 2 heterocycles. The van der Waals surface area contributed by atoms with Gasteiger partial charge in [-0.2, -0.15) is 5.10 Å². The van der Waals surface area contributed by atoms with E-state index in [2.05, 4.69) is 10.4 Å². The summed E-state index contributed by atoms with van der Waals surface area (Å²) >= 11 is 0. The van der Waals surface area contributed by atoms with Crippen molar-refractivity contribution in [3.63, 3.8) is 0 Å². The van der Waals surface area contributed by atoms with Crippen LogP contribution in [0.3, 0.4) is 0 Å². The van der Waals surface area contributed by atoms with Gasteiger partial charge in [-0.25, -0.2) is 0 Å². The molecule has 0 bridgehead atoms. The van der Waals surface area contributed by atoms with Gasteiger partial charge in [-0.15, -0.1) is 0 Å². The Morgan fingerprint density at radius 3 is 2.79 bits per heavy atom. The van der Waals surface area contributed by atoms with E-state index < -0.39 is 0 Å². The minimum absolute atomic E-state index is 0.316. The molecule has 78 valence electrons. The fourth-order valence-corrected chi connectivity index (χ4v) is 1.82. The van der Waals surface area contributed by atoms with Gasteiger partial charge in [0, 0.05) is 13.6 Å². The summed E-state index contributed by atoms with van der Waals surface area (Å²) < 4.78 is 7.78. The van der Waals surface area contributed by atoms with Crippen LogP contribution in [0.15, 0.2) is 0 Å². The monoisotopic (exact) mass is 195 g/mol. The normalized spacial score (nSPS) is 21.5. The Labute approximate surface area is 84.3 Å². The second-order valence-corrected chi connectivity index (χ2v) is 3.86. The van der Waals surface area contributed by atoms with E-state index in [1.165, 1.54) is 0 Å². The molecule has 1 aromatic heterocycles. The lowest BCUT2D eigenvalue weighted by molar-refractivity contribution is 0.220. The molecule has 0 aromatic carbocycles. The number of hydrogen-bond acceptors (Lipinski definition) is 3. The van der Waals surface area contributed by atoms with Crippen LogP contribution in [0.4, 0.5) is 0 Å². The SMILES string of the molecule is Cc1nn(C)c(C)c1O[C@H]1CCNC1. The molecular formula is C10H17N3O. The largest absolute Gasteiger partial charge is 0.485 e. The van der Waals surface area contributed by atoms with E-state index in [1.807, 2.05) is 25.6 Å². The molecule has 1 aromatic rings. The lowest BCUT2D eigenvalue weighted by Gasteiger charge is -2.12. The Balaban J connectivity index is 2.14. The zero-order chi connectivity index (χ0) is 10.1. The highest BCUT2D eigenvalue weighted by Crippen LogP contribution is 2.23. The molecular weight excluding hydrogens is 178 g/mol. The maximum Gasteiger partial charge on any atom is 0.163 e. The van der Waals surface area contributed by atoms with Crippen molar-refractivity contribution < 1.29 is 4.74 Å². The summed E-state index contributed by atoms with van der Waals surface area (Å²) in [4.78, 5) is 0. The lowest BCUT2D eigenvalue weighted by atomic mass is 10.3. The van der Waals surface area contributed by atoms with E-state index in [0.717, 1.165) is 36.6 Å². The van der Waals surface area contributed by atoms with Crippen molar-refractivity contribution in [2.45, 2.75) is 26.4 Å². The molecule has 4 heteroatoms. The van der Waals surface area contributed by atoms with Crippen molar-refractivity contribution >= 4 is 0 Å². The van der Waals surface area contributed by atoms with Gasteiger partial charge in [0.1, 0.15) is 11.8 Å². The van der Waals surface area contributed by atoms with Crippen LogP contribution in [0.5, 0.6) is 5.75 Å². The van der Waals surface area contributed by atoms with Crippen LogP contribution >= 0.6 is 0 Å². The third-order valence-electron chi connectivity index (χ3n) is 2.74. The average molecular weight is 195 g/mol. The fraction of sp³-hybridized carbons (Fsp3) is 0.700. The summed E-state index contributed by atoms with van der Waals surface area (Å²) in [7, 11) is 1.95. The molecule has 0 spiro atoms. The third kappa shape index (κ3) is 1.62. The summed E-state index contributed by atoms with van der Waals surface area (Å²) in [5.74, 6) is 0.959. The Kier molecular flexibility index (Phi) is 2.46. The summed E-state index contributed by atoms with van der Waals surface area (Å²) in [6, 6.07) is 0. The Morgan fingerprint density at radius 2 is 2.29 bits per heavy atom. The second kappa shape index (κ2) is 3.61. The quantitative estimate of drug-likeness (QED) is 0.758. The summed E-state index contributed by atoms with van der Waals surface area (Å²) in [5, 5.41) is 7.61. The molecule has 0 amide bonds. The van der Waals surface area contributed by atoms with Crippen molar-refractivity contribution in [2.75, 3.05) is 13.1 Å². The number of aryl methyl sites for hydroxylation is 2. The molecule has 0 radical (unpaired) electrons. The minimum atomic E-state index is 0.316. The molecule has 0 unspecified atom stereocenters. The van der Waals surface area contributed by atoms with Gasteiger partial charge in [0.25, 0.3) is 0 Å². The first-order valence-electron chi connectivity index (χ1n) is 5.06. The van der Waals surface area contributed by atoms with E-state index in [4.69, 9.17) is 4.74 Å². The van der Waals surface area contributed by atoms with Crippen LogP contribution in [-0.4, -0.2) is 29.0 Å². The summed E-state index contributed by atoms with van der Waals surface area (Å²) in [6.45, 7) is 6.04. The number of nitrogens with zero attached hydrogens (tertiary/aromatic N) is 2. The predicted octanol–water partition coefficient (Wildman–Crippen LogP) is 0.778. The molecule has 1 atom stereocenters. The van der Waals surface area contributed by atoms with E-state index >= 15 is 0 Å². The first-order valence-corrected chi connectivity index (χ1v) is 5.06. The zero-order valence-corrected chi connectivity index (χ0v) is 9.00. The summed E-state index contributed by atoms with van der Waals surface area (Å²) in [5.41, 5.74) is 2.09. The smallest absolute Gasteiger partial charge is 0.163 e. The fourth-order valence-electron chi connectivity index (χ4n) is 1.82. The minimum Gasteiger partial charge on any atom is -0.485 e.